The zero-order valence-corrected chi connectivity index (χ0v) is 18.4. The number of aliphatic hydroxyl groups is 1. The van der Waals surface area contributed by atoms with Crippen LogP contribution in [0.3, 0.4) is 0 Å². The quantitative estimate of drug-likeness (QED) is 0.729. The molecule has 2 aromatic rings. The number of amides is 2. The summed E-state index contributed by atoms with van der Waals surface area (Å²) in [5.74, 6) is -0.685. The van der Waals surface area contributed by atoms with Crippen molar-refractivity contribution in [3.8, 4) is 0 Å². The van der Waals surface area contributed by atoms with Gasteiger partial charge >= 0.3 is 0 Å². The number of rotatable bonds is 6. The van der Waals surface area contributed by atoms with E-state index in [1.807, 2.05) is 56.3 Å². The van der Waals surface area contributed by atoms with Crippen molar-refractivity contribution in [2.45, 2.75) is 26.7 Å². The van der Waals surface area contributed by atoms with Crippen LogP contribution in [-0.2, 0) is 9.59 Å². The molecular formula is C25H29N3O3. The molecule has 2 heterocycles. The highest BCUT2D eigenvalue weighted by Crippen LogP contribution is 2.36. The Morgan fingerprint density at radius 2 is 1.58 bits per heavy atom. The van der Waals surface area contributed by atoms with E-state index in [1.165, 1.54) is 17.7 Å². The van der Waals surface area contributed by atoms with E-state index < -0.39 is 0 Å². The standard InChI is InChI=1S/C25H29N3O3/c1-17-6-11-21(18(2)16-17)22-23(26(3)14-15-29)25(31)28(24(22)30)20-9-7-19(8-10-20)27-12-4-5-13-27/h6-11,16,29H,4-5,12-15H2,1-3H3. The SMILES string of the molecule is Cc1ccc(C2=C(N(C)CCO)C(=O)N(c3ccc(N4CCCC4)cc3)C2=O)c(C)c1. The molecule has 2 aliphatic heterocycles. The van der Waals surface area contributed by atoms with Crippen LogP contribution in [-0.4, -0.2) is 55.1 Å². The number of benzene rings is 2. The molecule has 1 N–H and O–H groups in total. The minimum Gasteiger partial charge on any atom is -0.395 e. The lowest BCUT2D eigenvalue weighted by molar-refractivity contribution is -0.120. The fourth-order valence-electron chi connectivity index (χ4n) is 4.49. The van der Waals surface area contributed by atoms with E-state index in [0.29, 0.717) is 17.0 Å². The molecule has 162 valence electrons. The van der Waals surface area contributed by atoms with Gasteiger partial charge in [-0.25, -0.2) is 4.90 Å². The molecule has 6 heteroatoms. The molecule has 0 unspecified atom stereocenters. The number of aliphatic hydroxyl groups excluding tert-OH is 1. The second-order valence-corrected chi connectivity index (χ2v) is 8.34. The number of hydrogen-bond donors (Lipinski definition) is 1. The number of likely N-dealkylation sites (N-methyl/N-ethyl adjacent to an activating group) is 1. The maximum atomic E-state index is 13.6. The lowest BCUT2D eigenvalue weighted by Gasteiger charge is -2.21. The molecule has 1 fully saturated rings. The highest BCUT2D eigenvalue weighted by molar-refractivity contribution is 6.45. The van der Waals surface area contributed by atoms with Crippen molar-refractivity contribution in [3.05, 3.63) is 64.9 Å². The Balaban J connectivity index is 1.74. The molecule has 2 amide bonds. The second-order valence-electron chi connectivity index (χ2n) is 8.34. The summed E-state index contributed by atoms with van der Waals surface area (Å²) < 4.78 is 0. The van der Waals surface area contributed by atoms with Crippen LogP contribution in [0.25, 0.3) is 5.57 Å². The van der Waals surface area contributed by atoms with E-state index in [9.17, 15) is 14.7 Å². The molecule has 0 radical (unpaired) electrons. The van der Waals surface area contributed by atoms with Crippen LogP contribution >= 0.6 is 0 Å². The normalized spacial score (nSPS) is 16.6. The van der Waals surface area contributed by atoms with Crippen LogP contribution in [0, 0.1) is 13.8 Å². The monoisotopic (exact) mass is 419 g/mol. The molecule has 0 aromatic heterocycles. The van der Waals surface area contributed by atoms with Gasteiger partial charge in [-0.3, -0.25) is 9.59 Å². The van der Waals surface area contributed by atoms with Crippen molar-refractivity contribution in [1.82, 2.24) is 4.90 Å². The summed E-state index contributed by atoms with van der Waals surface area (Å²) in [4.78, 5) is 32.3. The summed E-state index contributed by atoms with van der Waals surface area (Å²) in [6.45, 7) is 6.19. The fraction of sp³-hybridized carbons (Fsp3) is 0.360. The molecule has 2 aliphatic rings. The van der Waals surface area contributed by atoms with Crippen LogP contribution in [0.1, 0.15) is 29.5 Å². The van der Waals surface area contributed by atoms with E-state index in [-0.39, 0.29) is 25.0 Å². The van der Waals surface area contributed by atoms with Gasteiger partial charge in [-0.2, -0.15) is 0 Å². The number of aryl methyl sites for hydroxylation is 2. The topological polar surface area (TPSA) is 64.1 Å². The molecule has 4 rings (SSSR count). The zero-order valence-electron chi connectivity index (χ0n) is 18.4. The predicted octanol–water partition coefficient (Wildman–Crippen LogP) is 3.11. The van der Waals surface area contributed by atoms with Gasteiger partial charge in [-0.15, -0.1) is 0 Å². The Morgan fingerprint density at radius 3 is 2.19 bits per heavy atom. The minimum atomic E-state index is -0.357. The minimum absolute atomic E-state index is 0.105. The van der Waals surface area contributed by atoms with Crippen LogP contribution in [0.2, 0.25) is 0 Å². The molecule has 0 saturated carbocycles. The Labute approximate surface area is 183 Å². The van der Waals surface area contributed by atoms with Gasteiger partial charge in [0.2, 0.25) is 0 Å². The van der Waals surface area contributed by atoms with Crippen LogP contribution < -0.4 is 9.80 Å². The third-order valence-corrected chi connectivity index (χ3v) is 6.11. The van der Waals surface area contributed by atoms with Gasteiger partial charge in [0.15, 0.2) is 0 Å². The van der Waals surface area contributed by atoms with E-state index in [0.717, 1.165) is 35.5 Å². The number of imide groups is 1. The summed E-state index contributed by atoms with van der Waals surface area (Å²) in [5, 5.41) is 9.44. The van der Waals surface area contributed by atoms with Crippen molar-refractivity contribution in [1.29, 1.82) is 0 Å². The molecule has 0 aliphatic carbocycles. The van der Waals surface area contributed by atoms with Crippen molar-refractivity contribution >= 4 is 28.8 Å². The molecule has 6 nitrogen and oxygen atoms in total. The molecule has 0 spiro atoms. The van der Waals surface area contributed by atoms with Gasteiger partial charge in [-0.05, 0) is 62.1 Å². The largest absolute Gasteiger partial charge is 0.395 e. The Kier molecular flexibility index (Phi) is 5.83. The van der Waals surface area contributed by atoms with Crippen LogP contribution in [0.4, 0.5) is 11.4 Å². The fourth-order valence-corrected chi connectivity index (χ4v) is 4.49. The summed E-state index contributed by atoms with van der Waals surface area (Å²) in [7, 11) is 1.74. The molecule has 0 atom stereocenters. The van der Waals surface area contributed by atoms with E-state index in [4.69, 9.17) is 0 Å². The highest BCUT2D eigenvalue weighted by Gasteiger charge is 2.42. The van der Waals surface area contributed by atoms with Crippen molar-refractivity contribution in [2.24, 2.45) is 0 Å². The van der Waals surface area contributed by atoms with Crippen LogP contribution in [0.15, 0.2) is 48.2 Å². The first-order valence-electron chi connectivity index (χ1n) is 10.8. The van der Waals surface area contributed by atoms with Gasteiger partial charge in [-0.1, -0.05) is 23.8 Å². The number of anilines is 2. The summed E-state index contributed by atoms with van der Waals surface area (Å²) >= 11 is 0. The van der Waals surface area contributed by atoms with Gasteiger partial charge in [0.05, 0.1) is 17.9 Å². The Morgan fingerprint density at radius 1 is 0.935 bits per heavy atom. The van der Waals surface area contributed by atoms with E-state index in [2.05, 4.69) is 4.90 Å². The summed E-state index contributed by atoms with van der Waals surface area (Å²) in [6, 6.07) is 13.5. The van der Waals surface area contributed by atoms with Crippen LogP contribution in [0.5, 0.6) is 0 Å². The maximum absolute atomic E-state index is 13.6. The first-order chi connectivity index (χ1) is 14.9. The summed E-state index contributed by atoms with van der Waals surface area (Å²) in [6.07, 6.45) is 2.38. The van der Waals surface area contributed by atoms with E-state index in [1.54, 1.807) is 11.9 Å². The average molecular weight is 420 g/mol. The number of carbonyl (C=O) groups is 2. The lowest BCUT2D eigenvalue weighted by atomic mass is 9.97. The van der Waals surface area contributed by atoms with Crippen molar-refractivity contribution in [3.63, 3.8) is 0 Å². The molecule has 31 heavy (non-hydrogen) atoms. The first kappa shape index (κ1) is 21.1. The highest BCUT2D eigenvalue weighted by atomic mass is 16.3. The molecule has 0 bridgehead atoms. The Hall–Kier alpha value is -3.12. The lowest BCUT2D eigenvalue weighted by Crippen LogP contribution is -2.34. The number of carbonyl (C=O) groups excluding carboxylic acids is 2. The number of hydrogen-bond acceptors (Lipinski definition) is 5. The van der Waals surface area contributed by atoms with Crippen molar-refractivity contribution < 1.29 is 14.7 Å². The van der Waals surface area contributed by atoms with Crippen molar-refractivity contribution in [2.75, 3.05) is 43.1 Å². The first-order valence-corrected chi connectivity index (χ1v) is 10.8. The van der Waals surface area contributed by atoms with E-state index >= 15 is 0 Å². The maximum Gasteiger partial charge on any atom is 0.282 e. The third-order valence-electron chi connectivity index (χ3n) is 6.11. The van der Waals surface area contributed by atoms with Gasteiger partial charge in [0.1, 0.15) is 5.70 Å². The third kappa shape index (κ3) is 3.83. The number of nitrogens with zero attached hydrogens (tertiary/aromatic N) is 3. The molecule has 2 aromatic carbocycles. The molecular weight excluding hydrogens is 390 g/mol. The average Bonchev–Trinajstić information content (AvgIpc) is 3.35. The predicted molar refractivity (Wildman–Crippen MR) is 123 cm³/mol. The smallest absolute Gasteiger partial charge is 0.282 e. The van der Waals surface area contributed by atoms with Gasteiger partial charge < -0.3 is 14.9 Å². The Bertz CT molecular complexity index is 1040. The zero-order chi connectivity index (χ0) is 22.1. The molecule has 1 saturated heterocycles. The van der Waals surface area contributed by atoms with Gasteiger partial charge in [0.25, 0.3) is 11.8 Å². The van der Waals surface area contributed by atoms with Gasteiger partial charge in [0, 0.05) is 32.4 Å². The summed E-state index contributed by atoms with van der Waals surface area (Å²) in [5.41, 5.74) is 5.18. The second kappa shape index (κ2) is 8.55.